The number of ether oxygens (including phenoxy) is 1. The van der Waals surface area contributed by atoms with E-state index in [4.69, 9.17) is 4.74 Å². The van der Waals surface area contributed by atoms with Gasteiger partial charge in [-0.3, -0.25) is 9.69 Å². The van der Waals surface area contributed by atoms with Gasteiger partial charge in [0, 0.05) is 0 Å². The maximum absolute atomic E-state index is 11.5. The molecule has 3 heteroatoms. The largest absolute Gasteiger partial charge is 0.468 e. The van der Waals surface area contributed by atoms with Gasteiger partial charge >= 0.3 is 5.97 Å². The Kier molecular flexibility index (Phi) is 4.94. The van der Waals surface area contributed by atoms with E-state index in [0.29, 0.717) is 0 Å². The van der Waals surface area contributed by atoms with E-state index in [-0.39, 0.29) is 12.0 Å². The lowest BCUT2D eigenvalue weighted by Gasteiger charge is -2.27. The van der Waals surface area contributed by atoms with Crippen LogP contribution in [-0.2, 0) is 9.53 Å². The highest BCUT2D eigenvalue weighted by Gasteiger charge is 2.25. The van der Waals surface area contributed by atoms with E-state index in [9.17, 15) is 4.79 Å². The summed E-state index contributed by atoms with van der Waals surface area (Å²) in [4.78, 5) is 13.8. The van der Waals surface area contributed by atoms with E-state index in [1.165, 1.54) is 32.8 Å². The Hall–Kier alpha value is -0.570. The molecule has 1 saturated heterocycles. The number of likely N-dealkylation sites (tertiary alicyclic amines) is 1. The molecule has 1 fully saturated rings. The van der Waals surface area contributed by atoms with Gasteiger partial charge in [0.2, 0.25) is 0 Å². The van der Waals surface area contributed by atoms with Crippen molar-refractivity contribution in [2.75, 3.05) is 20.2 Å². The lowest BCUT2D eigenvalue weighted by molar-refractivity contribution is -0.147. The Morgan fingerprint density at radius 2 is 1.86 bits per heavy atom. The van der Waals surface area contributed by atoms with E-state index in [1.54, 1.807) is 0 Å². The number of nitrogens with zero attached hydrogens (tertiary/aromatic N) is 1. The zero-order valence-electron chi connectivity index (χ0n) is 9.29. The topological polar surface area (TPSA) is 29.5 Å². The molecule has 1 rings (SSSR count). The second-order valence-electron chi connectivity index (χ2n) is 3.90. The molecule has 0 aromatic heterocycles. The first kappa shape index (κ1) is 11.5. The third kappa shape index (κ3) is 2.98. The molecule has 0 aromatic rings. The van der Waals surface area contributed by atoms with Crippen LogP contribution in [0.25, 0.3) is 0 Å². The number of hydrogen-bond donors (Lipinski definition) is 0. The first-order valence-electron chi connectivity index (χ1n) is 5.61. The molecule has 1 aliphatic heterocycles. The molecular formula is C11H21NO2. The summed E-state index contributed by atoms with van der Waals surface area (Å²) in [7, 11) is 1.48. The third-order valence-corrected chi connectivity index (χ3v) is 2.94. The number of carbonyl (C=O) groups is 1. The van der Waals surface area contributed by atoms with Crippen molar-refractivity contribution in [2.24, 2.45) is 0 Å². The van der Waals surface area contributed by atoms with Gasteiger partial charge in [-0.1, -0.05) is 19.8 Å². The van der Waals surface area contributed by atoms with E-state index >= 15 is 0 Å². The lowest BCUT2D eigenvalue weighted by atomic mass is 10.2. The molecule has 14 heavy (non-hydrogen) atoms. The van der Waals surface area contributed by atoms with Crippen molar-refractivity contribution in [1.82, 2.24) is 4.90 Å². The quantitative estimate of drug-likeness (QED) is 0.649. The van der Waals surface area contributed by atoms with Gasteiger partial charge in [-0.15, -0.1) is 0 Å². The number of rotatable bonds is 3. The Bertz CT molecular complexity index is 174. The number of esters is 1. The molecular weight excluding hydrogens is 178 g/mol. The molecule has 3 nitrogen and oxygen atoms in total. The minimum absolute atomic E-state index is 0.0156. The predicted molar refractivity (Wildman–Crippen MR) is 56.1 cm³/mol. The molecule has 0 bridgehead atoms. The van der Waals surface area contributed by atoms with Crippen LogP contribution in [-0.4, -0.2) is 37.1 Å². The fourth-order valence-corrected chi connectivity index (χ4v) is 2.12. The van der Waals surface area contributed by atoms with Crippen molar-refractivity contribution in [2.45, 2.75) is 45.1 Å². The van der Waals surface area contributed by atoms with Crippen LogP contribution in [0.5, 0.6) is 0 Å². The monoisotopic (exact) mass is 199 g/mol. The van der Waals surface area contributed by atoms with Crippen LogP contribution in [0.2, 0.25) is 0 Å². The highest BCUT2D eigenvalue weighted by Crippen LogP contribution is 2.15. The highest BCUT2D eigenvalue weighted by atomic mass is 16.5. The molecule has 0 unspecified atom stereocenters. The maximum Gasteiger partial charge on any atom is 0.323 e. The standard InChI is InChI=1S/C11H21NO2/c1-3-10(11(13)14-2)12-8-6-4-5-7-9-12/h10H,3-9H2,1-2H3/t10-/m0/s1. The number of hydrogen-bond acceptors (Lipinski definition) is 3. The molecule has 0 N–H and O–H groups in total. The van der Waals surface area contributed by atoms with Crippen molar-refractivity contribution >= 4 is 5.97 Å². The van der Waals surface area contributed by atoms with E-state index in [0.717, 1.165) is 19.5 Å². The van der Waals surface area contributed by atoms with Gasteiger partial charge in [0.25, 0.3) is 0 Å². The van der Waals surface area contributed by atoms with E-state index in [2.05, 4.69) is 4.90 Å². The first-order chi connectivity index (χ1) is 6.79. The summed E-state index contributed by atoms with van der Waals surface area (Å²) in [6.07, 6.45) is 5.88. The van der Waals surface area contributed by atoms with Gasteiger partial charge in [-0.05, 0) is 32.4 Å². The summed E-state index contributed by atoms with van der Waals surface area (Å²) >= 11 is 0. The van der Waals surface area contributed by atoms with Crippen LogP contribution in [0.15, 0.2) is 0 Å². The second-order valence-corrected chi connectivity index (χ2v) is 3.90. The van der Waals surface area contributed by atoms with Crippen molar-refractivity contribution in [3.05, 3.63) is 0 Å². The van der Waals surface area contributed by atoms with Crippen LogP contribution in [0, 0.1) is 0 Å². The molecule has 0 saturated carbocycles. The Labute approximate surface area is 86.4 Å². The summed E-state index contributed by atoms with van der Waals surface area (Å²) < 4.78 is 4.82. The maximum atomic E-state index is 11.5. The van der Waals surface area contributed by atoms with Gasteiger partial charge in [0.15, 0.2) is 0 Å². The normalized spacial score (nSPS) is 21.3. The van der Waals surface area contributed by atoms with Gasteiger partial charge < -0.3 is 4.74 Å². The SMILES string of the molecule is CC[C@@H](C(=O)OC)N1CCCCCC1. The molecule has 0 aliphatic carbocycles. The van der Waals surface area contributed by atoms with Crippen LogP contribution in [0.1, 0.15) is 39.0 Å². The lowest BCUT2D eigenvalue weighted by Crippen LogP contribution is -2.42. The van der Waals surface area contributed by atoms with Crippen LogP contribution >= 0.6 is 0 Å². The Balaban J connectivity index is 2.52. The summed E-state index contributed by atoms with van der Waals surface area (Å²) in [6, 6.07) is -0.0156. The number of methoxy groups -OCH3 is 1. The van der Waals surface area contributed by atoms with Gasteiger partial charge in [-0.25, -0.2) is 0 Å². The van der Waals surface area contributed by atoms with Gasteiger partial charge in [0.05, 0.1) is 7.11 Å². The van der Waals surface area contributed by atoms with Crippen molar-refractivity contribution < 1.29 is 9.53 Å². The Morgan fingerprint density at radius 3 is 2.29 bits per heavy atom. The molecule has 1 heterocycles. The predicted octanol–water partition coefficient (Wildman–Crippen LogP) is 1.81. The summed E-state index contributed by atoms with van der Waals surface area (Å²) in [5.74, 6) is -0.0746. The minimum Gasteiger partial charge on any atom is -0.468 e. The average Bonchev–Trinajstić information content (AvgIpc) is 2.47. The van der Waals surface area contributed by atoms with Crippen LogP contribution in [0.4, 0.5) is 0 Å². The zero-order chi connectivity index (χ0) is 10.4. The van der Waals surface area contributed by atoms with Gasteiger partial charge in [0.1, 0.15) is 6.04 Å². The fourth-order valence-electron chi connectivity index (χ4n) is 2.12. The second kappa shape index (κ2) is 6.02. The van der Waals surface area contributed by atoms with Crippen molar-refractivity contribution in [1.29, 1.82) is 0 Å². The summed E-state index contributed by atoms with van der Waals surface area (Å²) in [5.41, 5.74) is 0. The summed E-state index contributed by atoms with van der Waals surface area (Å²) in [6.45, 7) is 4.15. The van der Waals surface area contributed by atoms with E-state index in [1.807, 2.05) is 6.92 Å². The number of carbonyl (C=O) groups excluding carboxylic acids is 1. The van der Waals surface area contributed by atoms with Crippen LogP contribution < -0.4 is 0 Å². The molecule has 0 spiro atoms. The molecule has 1 atom stereocenters. The fraction of sp³-hybridized carbons (Fsp3) is 0.909. The summed E-state index contributed by atoms with van der Waals surface area (Å²) in [5, 5.41) is 0. The third-order valence-electron chi connectivity index (χ3n) is 2.94. The minimum atomic E-state index is -0.0746. The first-order valence-corrected chi connectivity index (χ1v) is 5.61. The Morgan fingerprint density at radius 1 is 1.29 bits per heavy atom. The molecule has 82 valence electrons. The van der Waals surface area contributed by atoms with E-state index < -0.39 is 0 Å². The molecule has 1 aliphatic rings. The van der Waals surface area contributed by atoms with Gasteiger partial charge in [-0.2, -0.15) is 0 Å². The molecule has 0 amide bonds. The zero-order valence-corrected chi connectivity index (χ0v) is 9.29. The highest BCUT2D eigenvalue weighted by molar-refractivity contribution is 5.75. The molecule has 0 radical (unpaired) electrons. The molecule has 0 aromatic carbocycles. The average molecular weight is 199 g/mol. The smallest absolute Gasteiger partial charge is 0.323 e. The van der Waals surface area contributed by atoms with Crippen molar-refractivity contribution in [3.63, 3.8) is 0 Å². The van der Waals surface area contributed by atoms with Crippen LogP contribution in [0.3, 0.4) is 0 Å². The van der Waals surface area contributed by atoms with Crippen molar-refractivity contribution in [3.8, 4) is 0 Å².